The second-order valence-corrected chi connectivity index (χ2v) is 4.16. The van der Waals surface area contributed by atoms with Crippen LogP contribution >= 0.6 is 0 Å². The summed E-state index contributed by atoms with van der Waals surface area (Å²) in [6, 6.07) is 0. The predicted molar refractivity (Wildman–Crippen MR) is 49.4 cm³/mol. The second kappa shape index (κ2) is 3.26. The van der Waals surface area contributed by atoms with Crippen molar-refractivity contribution in [1.82, 2.24) is 9.97 Å². The van der Waals surface area contributed by atoms with Gasteiger partial charge in [-0.15, -0.1) is 0 Å². The van der Waals surface area contributed by atoms with E-state index < -0.39 is 12.4 Å². The van der Waals surface area contributed by atoms with Crippen LogP contribution in [0.3, 0.4) is 0 Å². The third-order valence-electron chi connectivity index (χ3n) is 1.72. The summed E-state index contributed by atoms with van der Waals surface area (Å²) in [6.07, 6.45) is 1.68. The second-order valence-electron chi connectivity index (χ2n) is 4.16. The number of rotatable bonds is 1. The minimum Gasteiger partial charge on any atom is -0.445 e. The summed E-state index contributed by atoms with van der Waals surface area (Å²) in [5.74, 6) is 0.418. The van der Waals surface area contributed by atoms with E-state index >= 15 is 0 Å². The summed E-state index contributed by atoms with van der Waals surface area (Å²) in [5.41, 5.74) is -1.07. The smallest absolute Gasteiger partial charge is 0.445 e. The van der Waals surface area contributed by atoms with Gasteiger partial charge in [-0.3, -0.25) is 0 Å². The number of hydrogen-bond acceptors (Lipinski definition) is 2. The van der Waals surface area contributed by atoms with E-state index in [-0.39, 0.29) is 5.41 Å². The van der Waals surface area contributed by atoms with Crippen LogP contribution in [-0.4, -0.2) is 16.9 Å². The lowest BCUT2D eigenvalue weighted by atomic mass is 9.82. The van der Waals surface area contributed by atoms with Gasteiger partial charge in [-0.25, -0.2) is 9.97 Å². The molecule has 0 radical (unpaired) electrons. The molecule has 0 atom stereocenters. The van der Waals surface area contributed by atoms with E-state index in [0.29, 0.717) is 5.82 Å². The number of nitrogens with zero attached hydrogens (tertiary/aromatic N) is 2. The van der Waals surface area contributed by atoms with Crippen LogP contribution in [0.4, 0.5) is 12.9 Å². The Morgan fingerprint density at radius 3 is 1.79 bits per heavy atom. The van der Waals surface area contributed by atoms with Crippen LogP contribution in [0, 0.1) is 0 Å². The van der Waals surface area contributed by atoms with Crippen molar-refractivity contribution in [1.29, 1.82) is 0 Å². The van der Waals surface area contributed by atoms with Gasteiger partial charge in [-0.2, -0.15) is 0 Å². The van der Waals surface area contributed by atoms with Crippen LogP contribution in [0.25, 0.3) is 0 Å². The van der Waals surface area contributed by atoms with Crippen molar-refractivity contribution >= 4 is 12.4 Å². The van der Waals surface area contributed by atoms with Gasteiger partial charge < -0.3 is 12.9 Å². The van der Waals surface area contributed by atoms with Crippen molar-refractivity contribution in [2.24, 2.45) is 0 Å². The Bertz CT molecular complexity index is 280. The molecule has 0 aromatic carbocycles. The average molecular weight is 203 g/mol. The maximum Gasteiger partial charge on any atom is 0.512 e. The highest BCUT2D eigenvalue weighted by atomic mass is 19.4. The normalized spacial score (nSPS) is 13.0. The van der Waals surface area contributed by atoms with E-state index in [1.165, 1.54) is 0 Å². The Morgan fingerprint density at radius 1 is 1.07 bits per heavy atom. The van der Waals surface area contributed by atoms with E-state index in [1.807, 2.05) is 20.8 Å². The van der Waals surface area contributed by atoms with E-state index in [1.54, 1.807) is 0 Å². The van der Waals surface area contributed by atoms with Gasteiger partial charge in [0, 0.05) is 17.8 Å². The van der Waals surface area contributed by atoms with Gasteiger partial charge in [0.1, 0.15) is 5.82 Å². The third kappa shape index (κ3) is 2.46. The fourth-order valence-corrected chi connectivity index (χ4v) is 0.894. The lowest BCUT2D eigenvalue weighted by Crippen LogP contribution is -2.35. The first-order valence-corrected chi connectivity index (χ1v) is 4.23. The fourth-order valence-electron chi connectivity index (χ4n) is 0.894. The van der Waals surface area contributed by atoms with Crippen LogP contribution in [-0.2, 0) is 5.41 Å². The molecular weight excluding hydrogens is 192 g/mol. The topological polar surface area (TPSA) is 25.8 Å². The van der Waals surface area contributed by atoms with Crippen molar-refractivity contribution in [3.05, 3.63) is 18.2 Å². The lowest BCUT2D eigenvalue weighted by molar-refractivity contribution is 0.498. The Balaban J connectivity index is 3.02. The summed E-state index contributed by atoms with van der Waals surface area (Å²) in [5, 5.41) is 0. The van der Waals surface area contributed by atoms with E-state index in [9.17, 15) is 12.9 Å². The molecule has 14 heavy (non-hydrogen) atoms. The summed E-state index contributed by atoms with van der Waals surface area (Å²) in [6.45, 7) is 0.560. The molecule has 0 saturated carbocycles. The van der Waals surface area contributed by atoms with Crippen molar-refractivity contribution in [2.45, 2.75) is 26.2 Å². The van der Waals surface area contributed by atoms with Gasteiger partial charge in [0.05, 0.1) is 0 Å². The quantitative estimate of drug-likeness (QED) is 0.650. The standard InChI is InChI=1S/C8H11BF3N2/c1-8(2,3)7-13-4-6(5-14-7)9(10,11)12/h4-5H,1-3H3/q-1. The zero-order valence-electron chi connectivity index (χ0n) is 8.26. The molecule has 0 unspecified atom stereocenters. The molecule has 0 aliphatic carbocycles. The van der Waals surface area contributed by atoms with Crippen LogP contribution in [0.15, 0.2) is 12.4 Å². The SMILES string of the molecule is CC(C)(C)c1ncc([B-](F)(F)F)cn1. The Morgan fingerprint density at radius 2 is 1.50 bits per heavy atom. The van der Waals surface area contributed by atoms with Gasteiger partial charge in [0.25, 0.3) is 0 Å². The molecule has 2 nitrogen and oxygen atoms in total. The molecule has 0 N–H and O–H groups in total. The molecule has 0 fully saturated rings. The molecule has 6 heteroatoms. The molecule has 0 saturated heterocycles. The lowest BCUT2D eigenvalue weighted by Gasteiger charge is -2.18. The van der Waals surface area contributed by atoms with E-state index in [0.717, 1.165) is 12.4 Å². The minimum atomic E-state index is -4.98. The molecule has 0 aliphatic rings. The minimum absolute atomic E-state index is 0.322. The van der Waals surface area contributed by atoms with E-state index in [4.69, 9.17) is 0 Å². The first kappa shape index (κ1) is 11.0. The maximum atomic E-state index is 12.2. The maximum absolute atomic E-state index is 12.2. The summed E-state index contributed by atoms with van der Waals surface area (Å²) < 4.78 is 36.6. The van der Waals surface area contributed by atoms with Gasteiger partial charge in [0.2, 0.25) is 0 Å². The molecule has 78 valence electrons. The highest BCUT2D eigenvalue weighted by Gasteiger charge is 2.27. The van der Waals surface area contributed by atoms with Crippen LogP contribution in [0.2, 0.25) is 0 Å². The van der Waals surface area contributed by atoms with Gasteiger partial charge >= 0.3 is 6.98 Å². The molecule has 1 heterocycles. The van der Waals surface area contributed by atoms with Crippen molar-refractivity contribution in [3.63, 3.8) is 0 Å². The molecule has 1 aromatic heterocycles. The number of aromatic nitrogens is 2. The Labute approximate surface area is 80.6 Å². The van der Waals surface area contributed by atoms with Gasteiger partial charge in [0.15, 0.2) is 0 Å². The highest BCUT2D eigenvalue weighted by Crippen LogP contribution is 2.16. The van der Waals surface area contributed by atoms with Crippen molar-refractivity contribution in [2.75, 3.05) is 0 Å². The summed E-state index contributed by atoms with van der Waals surface area (Å²) in [4.78, 5) is 7.40. The zero-order chi connectivity index (χ0) is 11.0. The van der Waals surface area contributed by atoms with Gasteiger partial charge in [-0.1, -0.05) is 26.2 Å². The monoisotopic (exact) mass is 203 g/mol. The van der Waals surface area contributed by atoms with Crippen LogP contribution in [0.1, 0.15) is 26.6 Å². The van der Waals surface area contributed by atoms with Crippen LogP contribution < -0.4 is 5.46 Å². The first-order valence-electron chi connectivity index (χ1n) is 4.23. The highest BCUT2D eigenvalue weighted by molar-refractivity contribution is 6.73. The molecule has 0 bridgehead atoms. The molecule has 0 amide bonds. The molecule has 1 rings (SSSR count). The van der Waals surface area contributed by atoms with Crippen molar-refractivity contribution < 1.29 is 12.9 Å². The molecule has 1 aromatic rings. The molecule has 0 spiro atoms. The van der Waals surface area contributed by atoms with Crippen LogP contribution in [0.5, 0.6) is 0 Å². The fraction of sp³-hybridized carbons (Fsp3) is 0.500. The Hall–Kier alpha value is -1.07. The largest absolute Gasteiger partial charge is 0.512 e. The predicted octanol–water partition coefficient (Wildman–Crippen LogP) is 1.83. The molecular formula is C8H11BF3N2-. The van der Waals surface area contributed by atoms with Crippen molar-refractivity contribution in [3.8, 4) is 0 Å². The summed E-state index contributed by atoms with van der Waals surface area (Å²) in [7, 11) is 0. The first-order chi connectivity index (χ1) is 6.21. The zero-order valence-corrected chi connectivity index (χ0v) is 8.26. The van der Waals surface area contributed by atoms with Gasteiger partial charge in [-0.05, 0) is 0 Å². The van der Waals surface area contributed by atoms with E-state index in [2.05, 4.69) is 9.97 Å². The Kier molecular flexibility index (Phi) is 2.56. The average Bonchev–Trinajstić information content (AvgIpc) is 2.01. The summed E-state index contributed by atoms with van der Waals surface area (Å²) >= 11 is 0. The number of hydrogen-bond donors (Lipinski definition) is 0. The third-order valence-corrected chi connectivity index (χ3v) is 1.72. The number of halogens is 3. The molecule has 0 aliphatic heterocycles.